The molecule has 0 aliphatic carbocycles. The fourth-order valence-electron chi connectivity index (χ4n) is 0.741. The number of thioether (sulfide) groups is 1. The monoisotopic (exact) mass is 200 g/mol. The quantitative estimate of drug-likeness (QED) is 0.631. The molecule has 4 N–H and O–H groups in total. The Labute approximate surface area is 80.5 Å². The van der Waals surface area contributed by atoms with Gasteiger partial charge in [0.05, 0.1) is 12.2 Å². The molecule has 1 amide bonds. The topological polar surface area (TPSA) is 86.9 Å². The van der Waals surface area contributed by atoms with Crippen molar-refractivity contribution < 1.29 is 4.79 Å². The number of aromatic nitrogens is 2. The summed E-state index contributed by atoms with van der Waals surface area (Å²) >= 11 is 1.47. The summed E-state index contributed by atoms with van der Waals surface area (Å²) in [5.74, 6) is 0.0116. The molecule has 1 aromatic heterocycles. The van der Waals surface area contributed by atoms with E-state index in [4.69, 9.17) is 11.5 Å². The normalized spacial score (nSPS) is 12.8. The maximum absolute atomic E-state index is 10.6. The third-order valence-electron chi connectivity index (χ3n) is 1.48. The predicted octanol–water partition coefficient (Wildman–Crippen LogP) is -0.675. The van der Waals surface area contributed by atoms with Crippen molar-refractivity contribution in [2.45, 2.75) is 10.9 Å². The Morgan fingerprint density at radius 3 is 3.00 bits per heavy atom. The van der Waals surface area contributed by atoms with Gasteiger partial charge < -0.3 is 11.5 Å². The minimum Gasteiger partial charge on any atom is -0.368 e. The highest BCUT2D eigenvalue weighted by Gasteiger charge is 2.09. The van der Waals surface area contributed by atoms with E-state index in [0.717, 1.165) is 4.90 Å². The smallest absolute Gasteiger partial charge is 0.235 e. The molecule has 1 atom stereocenters. The number of carbonyl (C=O) groups excluding carboxylic acids is 1. The van der Waals surface area contributed by atoms with Gasteiger partial charge in [-0.2, -0.15) is 5.10 Å². The lowest BCUT2D eigenvalue weighted by Crippen LogP contribution is -2.38. The minimum absolute atomic E-state index is 0.476. The molecule has 13 heavy (non-hydrogen) atoms. The average Bonchev–Trinajstić information content (AvgIpc) is 2.47. The van der Waals surface area contributed by atoms with Crippen LogP contribution in [0.4, 0.5) is 0 Å². The molecule has 0 aliphatic heterocycles. The second-order valence-electron chi connectivity index (χ2n) is 2.67. The summed E-state index contributed by atoms with van der Waals surface area (Å²) in [6, 6.07) is -0.592. The van der Waals surface area contributed by atoms with E-state index in [9.17, 15) is 4.79 Å². The number of carbonyl (C=O) groups is 1. The van der Waals surface area contributed by atoms with E-state index in [0.29, 0.717) is 5.75 Å². The number of aryl methyl sites for hydroxylation is 1. The predicted molar refractivity (Wildman–Crippen MR) is 51.1 cm³/mol. The molecule has 1 heterocycles. The number of nitrogens with zero attached hydrogens (tertiary/aromatic N) is 2. The lowest BCUT2D eigenvalue weighted by Gasteiger charge is -2.04. The van der Waals surface area contributed by atoms with Crippen molar-refractivity contribution in [1.82, 2.24) is 9.78 Å². The van der Waals surface area contributed by atoms with Gasteiger partial charge in [-0.1, -0.05) is 0 Å². The summed E-state index contributed by atoms with van der Waals surface area (Å²) in [5.41, 5.74) is 10.5. The number of rotatable bonds is 4. The van der Waals surface area contributed by atoms with Crippen LogP contribution in [0.2, 0.25) is 0 Å². The summed E-state index contributed by atoms with van der Waals surface area (Å²) in [7, 11) is 1.83. The van der Waals surface area contributed by atoms with E-state index < -0.39 is 11.9 Å². The Morgan fingerprint density at radius 1 is 1.85 bits per heavy atom. The van der Waals surface area contributed by atoms with E-state index in [1.807, 2.05) is 13.2 Å². The first-order valence-corrected chi connectivity index (χ1v) is 4.74. The van der Waals surface area contributed by atoms with Gasteiger partial charge in [-0.25, -0.2) is 0 Å². The van der Waals surface area contributed by atoms with Crippen molar-refractivity contribution in [2.24, 2.45) is 18.5 Å². The first kappa shape index (κ1) is 10.1. The molecule has 0 saturated heterocycles. The standard InChI is InChI=1S/C7H12N4OS/c1-11-3-5(2-10-11)13-4-6(8)7(9)12/h2-3,6H,4,8H2,1H3,(H2,9,12). The van der Waals surface area contributed by atoms with Gasteiger partial charge in [0.15, 0.2) is 0 Å². The van der Waals surface area contributed by atoms with E-state index in [1.165, 1.54) is 11.8 Å². The van der Waals surface area contributed by atoms with Crippen molar-refractivity contribution in [3.05, 3.63) is 12.4 Å². The largest absolute Gasteiger partial charge is 0.368 e. The van der Waals surface area contributed by atoms with Crippen LogP contribution in [0.15, 0.2) is 17.3 Å². The van der Waals surface area contributed by atoms with E-state index in [-0.39, 0.29) is 0 Å². The summed E-state index contributed by atoms with van der Waals surface area (Å²) in [5, 5.41) is 3.98. The molecule has 0 bridgehead atoms. The fourth-order valence-corrected chi connectivity index (χ4v) is 1.63. The average molecular weight is 200 g/mol. The number of nitrogens with two attached hydrogens (primary N) is 2. The SMILES string of the molecule is Cn1cc(SCC(N)C(N)=O)cn1. The van der Waals surface area contributed by atoms with Crippen molar-refractivity contribution in [2.75, 3.05) is 5.75 Å². The molecule has 0 saturated carbocycles. The molecular weight excluding hydrogens is 188 g/mol. The first-order valence-electron chi connectivity index (χ1n) is 3.76. The molecule has 0 aromatic carbocycles. The summed E-state index contributed by atoms with van der Waals surface area (Å²) in [6.07, 6.45) is 3.58. The molecular formula is C7H12N4OS. The molecule has 0 aliphatic rings. The van der Waals surface area contributed by atoms with Gasteiger partial charge >= 0.3 is 0 Å². The maximum atomic E-state index is 10.6. The Kier molecular flexibility index (Phi) is 3.32. The number of hydrogen-bond donors (Lipinski definition) is 2. The van der Waals surface area contributed by atoms with Gasteiger partial charge in [-0.15, -0.1) is 11.8 Å². The van der Waals surface area contributed by atoms with Crippen LogP contribution < -0.4 is 11.5 Å². The van der Waals surface area contributed by atoms with Crippen LogP contribution in [-0.2, 0) is 11.8 Å². The third-order valence-corrected chi connectivity index (χ3v) is 2.55. The van der Waals surface area contributed by atoms with Crippen LogP contribution >= 0.6 is 11.8 Å². The summed E-state index contributed by atoms with van der Waals surface area (Å²) < 4.78 is 1.69. The lowest BCUT2D eigenvalue weighted by atomic mass is 10.3. The minimum atomic E-state index is -0.592. The van der Waals surface area contributed by atoms with Crippen LogP contribution in [0.25, 0.3) is 0 Å². The van der Waals surface area contributed by atoms with Gasteiger partial charge in [0.1, 0.15) is 0 Å². The summed E-state index contributed by atoms with van der Waals surface area (Å²) in [4.78, 5) is 11.6. The van der Waals surface area contributed by atoms with E-state index in [1.54, 1.807) is 10.9 Å². The van der Waals surface area contributed by atoms with Crippen LogP contribution in [-0.4, -0.2) is 27.5 Å². The molecule has 1 rings (SSSR count). The molecule has 0 spiro atoms. The van der Waals surface area contributed by atoms with E-state index >= 15 is 0 Å². The Hall–Kier alpha value is -1.01. The number of hydrogen-bond acceptors (Lipinski definition) is 4. The van der Waals surface area contributed by atoms with Crippen molar-refractivity contribution in [1.29, 1.82) is 0 Å². The van der Waals surface area contributed by atoms with Gasteiger partial charge in [0.2, 0.25) is 5.91 Å². The lowest BCUT2D eigenvalue weighted by molar-refractivity contribution is -0.118. The van der Waals surface area contributed by atoms with Crippen LogP contribution in [0, 0.1) is 0 Å². The van der Waals surface area contributed by atoms with Crippen molar-refractivity contribution in [3.63, 3.8) is 0 Å². The Balaban J connectivity index is 2.39. The summed E-state index contributed by atoms with van der Waals surface area (Å²) in [6.45, 7) is 0. The van der Waals surface area contributed by atoms with Gasteiger partial charge in [0, 0.05) is 23.9 Å². The zero-order valence-corrected chi connectivity index (χ0v) is 8.12. The van der Waals surface area contributed by atoms with Crippen LogP contribution in [0.1, 0.15) is 0 Å². The maximum Gasteiger partial charge on any atom is 0.235 e. The van der Waals surface area contributed by atoms with Crippen LogP contribution in [0.3, 0.4) is 0 Å². The molecule has 1 unspecified atom stereocenters. The van der Waals surface area contributed by atoms with Gasteiger partial charge in [0.25, 0.3) is 0 Å². The zero-order chi connectivity index (χ0) is 9.84. The van der Waals surface area contributed by atoms with Crippen molar-refractivity contribution in [3.8, 4) is 0 Å². The first-order chi connectivity index (χ1) is 6.09. The number of amides is 1. The zero-order valence-electron chi connectivity index (χ0n) is 7.30. The molecule has 1 aromatic rings. The molecule has 0 fully saturated rings. The molecule has 5 nitrogen and oxygen atoms in total. The molecule has 6 heteroatoms. The fraction of sp³-hybridized carbons (Fsp3) is 0.429. The third kappa shape index (κ3) is 3.08. The highest BCUT2D eigenvalue weighted by atomic mass is 32.2. The Bertz CT molecular complexity index is 298. The van der Waals surface area contributed by atoms with Gasteiger partial charge in [-0.3, -0.25) is 9.48 Å². The second-order valence-corrected chi connectivity index (χ2v) is 3.76. The van der Waals surface area contributed by atoms with Crippen molar-refractivity contribution >= 4 is 17.7 Å². The highest BCUT2D eigenvalue weighted by molar-refractivity contribution is 7.99. The number of primary amides is 1. The molecule has 0 radical (unpaired) electrons. The van der Waals surface area contributed by atoms with Gasteiger partial charge in [-0.05, 0) is 0 Å². The second kappa shape index (κ2) is 4.29. The van der Waals surface area contributed by atoms with E-state index in [2.05, 4.69) is 5.10 Å². The molecule has 72 valence electrons. The Morgan fingerprint density at radius 2 is 2.54 bits per heavy atom. The van der Waals surface area contributed by atoms with Crippen LogP contribution in [0.5, 0.6) is 0 Å². The highest BCUT2D eigenvalue weighted by Crippen LogP contribution is 2.16.